The first-order valence-electron chi connectivity index (χ1n) is 15.3. The van der Waals surface area contributed by atoms with Crippen molar-refractivity contribution in [1.82, 2.24) is 21.3 Å². The number of rotatable bonds is 17. The van der Waals surface area contributed by atoms with Crippen LogP contribution in [0.15, 0.2) is 71.1 Å². The van der Waals surface area contributed by atoms with E-state index >= 15 is 0 Å². The lowest BCUT2D eigenvalue weighted by Crippen LogP contribution is -2.55. The first-order valence-corrected chi connectivity index (χ1v) is 17.3. The molecule has 4 amide bonds. The lowest BCUT2D eigenvalue weighted by atomic mass is 10.0. The van der Waals surface area contributed by atoms with E-state index in [0.717, 1.165) is 6.08 Å². The van der Waals surface area contributed by atoms with Crippen LogP contribution in [0.3, 0.4) is 0 Å². The van der Waals surface area contributed by atoms with Crippen molar-refractivity contribution in [2.75, 3.05) is 13.2 Å². The number of halogens is 1. The Balaban J connectivity index is 2.25. The Kier molecular flexibility index (Phi) is 16.1. The van der Waals surface area contributed by atoms with E-state index in [9.17, 15) is 32.4 Å². The van der Waals surface area contributed by atoms with Gasteiger partial charge in [-0.2, -0.15) is 0 Å². The molecule has 262 valence electrons. The highest BCUT2D eigenvalue weighted by Gasteiger charge is 2.33. The third-order valence-corrected chi connectivity index (χ3v) is 9.61. The van der Waals surface area contributed by atoms with Gasteiger partial charge in [-0.15, -0.1) is 0 Å². The van der Waals surface area contributed by atoms with Crippen molar-refractivity contribution in [2.45, 2.75) is 71.0 Å². The van der Waals surface area contributed by atoms with Crippen LogP contribution in [0.1, 0.15) is 58.2 Å². The van der Waals surface area contributed by atoms with E-state index in [1.807, 2.05) is 0 Å². The molecular weight excluding hydrogens is 664 g/mol. The molecule has 0 bridgehead atoms. The van der Waals surface area contributed by atoms with E-state index in [1.54, 1.807) is 81.4 Å². The molecule has 0 radical (unpaired) electrons. The monoisotopic (exact) mass is 706 g/mol. The SMILES string of the molecule is CCOC(=O)C[C@H](NC(=O)OCc1ccccc1)C(=O)N[C@H](C(=O)N[C@H](C(=O)NC/C=C(\Cl)S(=O)(=O)C(C)C)C(C)C)c1ccccc1. The summed E-state index contributed by atoms with van der Waals surface area (Å²) in [5, 5.41) is 9.38. The number of hydrogen-bond donors (Lipinski definition) is 4. The van der Waals surface area contributed by atoms with Gasteiger partial charge in [0.05, 0.1) is 18.3 Å². The van der Waals surface area contributed by atoms with Crippen molar-refractivity contribution in [3.05, 3.63) is 82.2 Å². The second kappa shape index (κ2) is 19.4. The minimum Gasteiger partial charge on any atom is -0.466 e. The van der Waals surface area contributed by atoms with Gasteiger partial charge in [0.2, 0.25) is 17.7 Å². The number of hydrogen-bond acceptors (Lipinski definition) is 9. The Morgan fingerprint density at radius 3 is 1.98 bits per heavy atom. The predicted octanol–water partition coefficient (Wildman–Crippen LogP) is 3.25. The summed E-state index contributed by atoms with van der Waals surface area (Å²) in [6, 6.07) is 13.0. The van der Waals surface area contributed by atoms with Crippen LogP contribution < -0.4 is 21.3 Å². The topological polar surface area (TPSA) is 186 Å². The summed E-state index contributed by atoms with van der Waals surface area (Å²) in [5.74, 6) is -3.48. The maximum Gasteiger partial charge on any atom is 0.408 e. The molecule has 0 aliphatic carbocycles. The van der Waals surface area contributed by atoms with Gasteiger partial charge >= 0.3 is 12.1 Å². The minimum absolute atomic E-state index is 0.0366. The van der Waals surface area contributed by atoms with Gasteiger partial charge in [-0.1, -0.05) is 86.1 Å². The summed E-state index contributed by atoms with van der Waals surface area (Å²) in [5.41, 5.74) is 1.05. The van der Waals surface area contributed by atoms with Crippen LogP contribution in [0.5, 0.6) is 0 Å². The highest BCUT2D eigenvalue weighted by atomic mass is 35.5. The Morgan fingerprint density at radius 2 is 1.42 bits per heavy atom. The molecule has 48 heavy (non-hydrogen) atoms. The molecule has 2 rings (SSSR count). The molecule has 0 aliphatic heterocycles. The third kappa shape index (κ3) is 12.6. The Hall–Kier alpha value is -4.43. The van der Waals surface area contributed by atoms with Gasteiger partial charge in [0.1, 0.15) is 29.1 Å². The molecule has 2 aromatic rings. The molecule has 0 aliphatic rings. The van der Waals surface area contributed by atoms with Crippen LogP contribution in [0.4, 0.5) is 4.79 Å². The molecular formula is C33H43ClN4O9S. The predicted molar refractivity (Wildman–Crippen MR) is 180 cm³/mol. The van der Waals surface area contributed by atoms with E-state index in [1.165, 1.54) is 13.8 Å². The zero-order chi connectivity index (χ0) is 35.9. The Morgan fingerprint density at radius 1 is 0.812 bits per heavy atom. The van der Waals surface area contributed by atoms with Gasteiger partial charge in [-0.3, -0.25) is 19.2 Å². The summed E-state index contributed by atoms with van der Waals surface area (Å²) in [4.78, 5) is 65.3. The van der Waals surface area contributed by atoms with Crippen molar-refractivity contribution in [3.63, 3.8) is 0 Å². The normalized spacial score (nSPS) is 13.5. The fraction of sp³-hybridized carbons (Fsp3) is 0.424. The van der Waals surface area contributed by atoms with Gasteiger partial charge in [0.25, 0.3) is 0 Å². The van der Waals surface area contributed by atoms with Crippen LogP contribution in [0.25, 0.3) is 0 Å². The number of carbonyl (C=O) groups is 5. The second-order valence-electron chi connectivity index (χ2n) is 11.2. The highest BCUT2D eigenvalue weighted by Crippen LogP contribution is 2.18. The van der Waals surface area contributed by atoms with Crippen molar-refractivity contribution in [2.24, 2.45) is 5.92 Å². The smallest absolute Gasteiger partial charge is 0.408 e. The zero-order valence-corrected chi connectivity index (χ0v) is 29.1. The number of benzene rings is 2. The molecule has 0 aromatic heterocycles. The quantitative estimate of drug-likeness (QED) is 0.179. The average Bonchev–Trinajstić information content (AvgIpc) is 3.05. The lowest BCUT2D eigenvalue weighted by Gasteiger charge is -2.26. The largest absolute Gasteiger partial charge is 0.466 e. The summed E-state index contributed by atoms with van der Waals surface area (Å²) in [7, 11) is -3.72. The molecule has 0 unspecified atom stereocenters. The standard InChI is InChI=1S/C33H43ClN4O9S/c1-6-46-27(39)19-25(36-33(43)47-20-23-13-9-7-10-14-23)30(40)38-29(24-15-11-8-12-16-24)32(42)37-28(21(2)3)31(41)35-18-17-26(34)48(44,45)22(4)5/h7-17,21-22,25,28-29H,6,18-20H2,1-5H3,(H,35,41)(H,36,43)(H,37,42)(H,38,40)/b26-17+/t25-,28-,29-/m0/s1. The van der Waals surface area contributed by atoms with Crippen LogP contribution in [-0.4, -0.2) is 68.7 Å². The van der Waals surface area contributed by atoms with Gasteiger partial charge in [0, 0.05) is 6.54 Å². The van der Waals surface area contributed by atoms with Gasteiger partial charge < -0.3 is 30.7 Å². The summed E-state index contributed by atoms with van der Waals surface area (Å²) >= 11 is 5.94. The Bertz CT molecular complexity index is 1530. The fourth-order valence-corrected chi connectivity index (χ4v) is 5.52. The van der Waals surface area contributed by atoms with Gasteiger partial charge in [-0.05, 0) is 43.9 Å². The van der Waals surface area contributed by atoms with Crippen LogP contribution in [-0.2, 0) is 45.1 Å². The summed E-state index contributed by atoms with van der Waals surface area (Å²) in [6.07, 6.45) is -0.373. The minimum atomic E-state index is -3.72. The number of sulfone groups is 1. The molecule has 4 N–H and O–H groups in total. The first kappa shape index (κ1) is 39.7. The number of carbonyl (C=O) groups excluding carboxylic acids is 5. The van der Waals surface area contributed by atoms with Crippen molar-refractivity contribution >= 4 is 51.2 Å². The van der Waals surface area contributed by atoms with E-state index < -0.39 is 79.7 Å². The maximum atomic E-state index is 13.7. The van der Waals surface area contributed by atoms with Crippen molar-refractivity contribution in [1.29, 1.82) is 0 Å². The number of nitrogens with one attached hydrogen (secondary N) is 4. The summed E-state index contributed by atoms with van der Waals surface area (Å²) in [6.45, 7) is 7.64. The Labute approximate surface area is 286 Å². The van der Waals surface area contributed by atoms with Crippen LogP contribution in [0.2, 0.25) is 0 Å². The molecule has 0 heterocycles. The van der Waals surface area contributed by atoms with Crippen LogP contribution >= 0.6 is 11.6 Å². The zero-order valence-electron chi connectivity index (χ0n) is 27.5. The van der Waals surface area contributed by atoms with Gasteiger partial charge in [0.15, 0.2) is 9.84 Å². The molecule has 15 heteroatoms. The molecule has 3 atom stereocenters. The third-order valence-electron chi connectivity index (χ3n) is 6.86. The van der Waals surface area contributed by atoms with Crippen molar-refractivity contribution in [3.8, 4) is 0 Å². The average molecular weight is 707 g/mol. The molecule has 0 fully saturated rings. The second-order valence-corrected chi connectivity index (χ2v) is 14.3. The van der Waals surface area contributed by atoms with E-state index in [4.69, 9.17) is 21.1 Å². The molecule has 0 spiro atoms. The molecule has 2 aromatic carbocycles. The van der Waals surface area contributed by atoms with E-state index in [-0.39, 0.29) is 19.8 Å². The van der Waals surface area contributed by atoms with Gasteiger partial charge in [-0.25, -0.2) is 13.2 Å². The molecule has 0 saturated carbocycles. The number of alkyl carbamates (subject to hydrolysis) is 1. The highest BCUT2D eigenvalue weighted by molar-refractivity contribution is 7.97. The summed E-state index contributed by atoms with van der Waals surface area (Å²) < 4.78 is 34.2. The van der Waals surface area contributed by atoms with E-state index in [2.05, 4.69) is 21.3 Å². The van der Waals surface area contributed by atoms with E-state index in [0.29, 0.717) is 11.1 Å². The molecule has 0 saturated heterocycles. The number of amides is 4. The first-order chi connectivity index (χ1) is 22.7. The number of esters is 1. The lowest BCUT2D eigenvalue weighted by molar-refractivity contribution is -0.145. The number of ether oxygens (including phenoxy) is 2. The molecule has 13 nitrogen and oxygen atoms in total. The maximum absolute atomic E-state index is 13.7. The van der Waals surface area contributed by atoms with Crippen LogP contribution in [0, 0.1) is 5.92 Å². The van der Waals surface area contributed by atoms with Crippen molar-refractivity contribution < 1.29 is 41.9 Å². The fourth-order valence-electron chi connectivity index (χ4n) is 4.15.